The Morgan fingerprint density at radius 1 is 1.29 bits per heavy atom. The van der Waals surface area contributed by atoms with E-state index in [1.54, 1.807) is 6.20 Å². The Morgan fingerprint density at radius 2 is 2.12 bits per heavy atom. The van der Waals surface area contributed by atoms with Crippen molar-refractivity contribution in [2.45, 2.75) is 40.8 Å². The van der Waals surface area contributed by atoms with Crippen LogP contribution < -0.4 is 15.4 Å². The molecule has 0 bridgehead atoms. The van der Waals surface area contributed by atoms with Gasteiger partial charge >= 0.3 is 0 Å². The number of aromatic nitrogens is 2. The minimum atomic E-state index is 0.487. The monoisotopic (exact) mass is 331 g/mol. The van der Waals surface area contributed by atoms with Crippen LogP contribution in [0.4, 0.5) is 0 Å². The van der Waals surface area contributed by atoms with Gasteiger partial charge < -0.3 is 19.8 Å². The van der Waals surface area contributed by atoms with Gasteiger partial charge in [0.15, 0.2) is 5.96 Å². The first-order valence-corrected chi connectivity index (χ1v) is 8.15. The van der Waals surface area contributed by atoms with Gasteiger partial charge in [-0.25, -0.2) is 15.0 Å². The van der Waals surface area contributed by atoms with Crippen LogP contribution in [0.5, 0.6) is 5.88 Å². The summed E-state index contributed by atoms with van der Waals surface area (Å²) in [6, 6.07) is 3.83. The van der Waals surface area contributed by atoms with E-state index in [-0.39, 0.29) is 0 Å². The van der Waals surface area contributed by atoms with Gasteiger partial charge in [-0.15, -0.1) is 0 Å². The Labute approximate surface area is 142 Å². The third kappa shape index (κ3) is 5.26. The Morgan fingerprint density at radius 3 is 2.79 bits per heavy atom. The fourth-order valence-electron chi connectivity index (χ4n) is 2.06. The van der Waals surface area contributed by atoms with Gasteiger partial charge in [-0.1, -0.05) is 0 Å². The zero-order valence-corrected chi connectivity index (χ0v) is 14.7. The number of ether oxygens (including phenoxy) is 1. The van der Waals surface area contributed by atoms with Gasteiger partial charge in [-0.2, -0.15) is 0 Å². The lowest BCUT2D eigenvalue weighted by molar-refractivity contribution is 0.326. The highest BCUT2D eigenvalue weighted by atomic mass is 16.5. The molecule has 7 nitrogen and oxygen atoms in total. The minimum absolute atomic E-state index is 0.487. The van der Waals surface area contributed by atoms with E-state index >= 15 is 0 Å². The number of aryl methyl sites for hydroxylation is 2. The van der Waals surface area contributed by atoms with Crippen molar-refractivity contribution in [2.75, 3.05) is 13.2 Å². The summed E-state index contributed by atoms with van der Waals surface area (Å²) in [7, 11) is 0. The summed E-state index contributed by atoms with van der Waals surface area (Å²) in [4.78, 5) is 13.1. The summed E-state index contributed by atoms with van der Waals surface area (Å²) < 4.78 is 11.0. The van der Waals surface area contributed by atoms with Gasteiger partial charge in [0.1, 0.15) is 5.76 Å². The fourth-order valence-corrected chi connectivity index (χ4v) is 2.06. The summed E-state index contributed by atoms with van der Waals surface area (Å²) in [6.07, 6.45) is 1.73. The van der Waals surface area contributed by atoms with Crippen molar-refractivity contribution >= 4 is 5.96 Å². The molecule has 0 aliphatic rings. The SMILES string of the molecule is CCNC(=NCc1ccnc(OCC)c1)NCc1nc(C)c(C)o1. The third-order valence-corrected chi connectivity index (χ3v) is 3.34. The first-order valence-electron chi connectivity index (χ1n) is 8.15. The standard InChI is InChI=1S/C17H25N5O2/c1-5-18-17(21-11-16-22-12(3)13(4)24-16)20-10-14-7-8-19-15(9-14)23-6-2/h7-9H,5-6,10-11H2,1-4H3,(H2,18,20,21). The number of oxazole rings is 1. The summed E-state index contributed by atoms with van der Waals surface area (Å²) in [5.74, 6) is 2.82. The smallest absolute Gasteiger partial charge is 0.214 e. The number of hydrogen-bond acceptors (Lipinski definition) is 5. The highest BCUT2D eigenvalue weighted by molar-refractivity contribution is 5.79. The van der Waals surface area contributed by atoms with Crippen LogP contribution in [0.1, 0.15) is 36.8 Å². The van der Waals surface area contributed by atoms with Crippen LogP contribution >= 0.6 is 0 Å². The second-order valence-corrected chi connectivity index (χ2v) is 5.23. The van der Waals surface area contributed by atoms with Crippen molar-refractivity contribution in [3.05, 3.63) is 41.2 Å². The molecule has 0 aliphatic heterocycles. The lowest BCUT2D eigenvalue weighted by atomic mass is 10.3. The summed E-state index contributed by atoms with van der Waals surface area (Å²) in [5, 5.41) is 6.43. The molecular formula is C17H25N5O2. The lowest BCUT2D eigenvalue weighted by Crippen LogP contribution is -2.36. The zero-order chi connectivity index (χ0) is 17.4. The largest absolute Gasteiger partial charge is 0.478 e. The normalized spacial score (nSPS) is 11.4. The molecule has 2 aromatic heterocycles. The predicted octanol–water partition coefficient (Wildman–Crippen LogP) is 2.34. The highest BCUT2D eigenvalue weighted by Crippen LogP contribution is 2.10. The Bertz CT molecular complexity index is 662. The van der Waals surface area contributed by atoms with E-state index in [0.717, 1.165) is 23.6 Å². The molecule has 0 spiro atoms. The van der Waals surface area contributed by atoms with Crippen LogP contribution in [0.15, 0.2) is 27.7 Å². The molecule has 0 saturated carbocycles. The average molecular weight is 331 g/mol. The number of pyridine rings is 1. The van der Waals surface area contributed by atoms with Gasteiger partial charge in [0.05, 0.1) is 25.4 Å². The number of rotatable bonds is 7. The van der Waals surface area contributed by atoms with E-state index in [4.69, 9.17) is 9.15 Å². The molecule has 0 unspecified atom stereocenters. The third-order valence-electron chi connectivity index (χ3n) is 3.34. The van der Waals surface area contributed by atoms with Crippen LogP contribution in [0.3, 0.4) is 0 Å². The molecule has 2 rings (SSSR count). The van der Waals surface area contributed by atoms with Crippen molar-refractivity contribution in [3.63, 3.8) is 0 Å². The van der Waals surface area contributed by atoms with E-state index < -0.39 is 0 Å². The van der Waals surface area contributed by atoms with Crippen LogP contribution in [-0.2, 0) is 13.1 Å². The van der Waals surface area contributed by atoms with Crippen molar-refractivity contribution in [3.8, 4) is 5.88 Å². The van der Waals surface area contributed by atoms with Gasteiger partial charge in [0.2, 0.25) is 11.8 Å². The van der Waals surface area contributed by atoms with Crippen molar-refractivity contribution in [1.29, 1.82) is 0 Å². The molecule has 24 heavy (non-hydrogen) atoms. The molecule has 0 saturated heterocycles. The molecule has 2 aromatic rings. The molecule has 0 aromatic carbocycles. The van der Waals surface area contributed by atoms with Gasteiger partial charge in [0, 0.05) is 18.8 Å². The minimum Gasteiger partial charge on any atom is -0.478 e. The Kier molecular flexibility index (Phi) is 6.60. The number of nitrogens with zero attached hydrogens (tertiary/aromatic N) is 3. The number of nitrogens with one attached hydrogen (secondary N) is 2. The fraction of sp³-hybridized carbons (Fsp3) is 0.471. The van der Waals surface area contributed by atoms with Gasteiger partial charge in [-0.05, 0) is 39.3 Å². The van der Waals surface area contributed by atoms with E-state index in [9.17, 15) is 0 Å². The number of hydrogen-bond donors (Lipinski definition) is 2. The maximum absolute atomic E-state index is 5.57. The molecule has 0 amide bonds. The van der Waals surface area contributed by atoms with E-state index in [2.05, 4.69) is 25.6 Å². The maximum Gasteiger partial charge on any atom is 0.214 e. The zero-order valence-electron chi connectivity index (χ0n) is 14.7. The predicted molar refractivity (Wildman–Crippen MR) is 93.0 cm³/mol. The quantitative estimate of drug-likeness (QED) is 0.598. The molecule has 130 valence electrons. The molecule has 0 fully saturated rings. The second kappa shape index (κ2) is 8.90. The van der Waals surface area contributed by atoms with Crippen molar-refractivity contribution in [1.82, 2.24) is 20.6 Å². The first kappa shape index (κ1) is 17.8. The van der Waals surface area contributed by atoms with E-state index in [1.807, 2.05) is 39.8 Å². The van der Waals surface area contributed by atoms with E-state index in [0.29, 0.717) is 37.4 Å². The topological polar surface area (TPSA) is 84.6 Å². The highest BCUT2D eigenvalue weighted by Gasteiger charge is 2.06. The van der Waals surface area contributed by atoms with Crippen LogP contribution in [0.2, 0.25) is 0 Å². The van der Waals surface area contributed by atoms with Crippen molar-refractivity contribution < 1.29 is 9.15 Å². The molecule has 2 heterocycles. The summed E-state index contributed by atoms with van der Waals surface area (Å²) in [6.45, 7) is 10.2. The van der Waals surface area contributed by atoms with Gasteiger partial charge in [-0.3, -0.25) is 0 Å². The molecule has 2 N–H and O–H groups in total. The Balaban J connectivity index is 1.98. The molecule has 0 atom stereocenters. The molecule has 0 radical (unpaired) electrons. The molecule has 7 heteroatoms. The number of guanidine groups is 1. The van der Waals surface area contributed by atoms with Crippen molar-refractivity contribution in [2.24, 2.45) is 4.99 Å². The number of aliphatic imine (C=N–C) groups is 1. The maximum atomic E-state index is 5.57. The van der Waals surface area contributed by atoms with Gasteiger partial charge in [0.25, 0.3) is 0 Å². The average Bonchev–Trinajstić information content (AvgIpc) is 2.89. The summed E-state index contributed by atoms with van der Waals surface area (Å²) >= 11 is 0. The van der Waals surface area contributed by atoms with E-state index in [1.165, 1.54) is 0 Å². The van der Waals surface area contributed by atoms with Crippen LogP contribution in [-0.4, -0.2) is 29.1 Å². The molecule has 0 aliphatic carbocycles. The summed E-state index contributed by atoms with van der Waals surface area (Å²) in [5.41, 5.74) is 1.95. The lowest BCUT2D eigenvalue weighted by Gasteiger charge is -2.10. The first-order chi connectivity index (χ1) is 11.6. The van der Waals surface area contributed by atoms with Crippen LogP contribution in [0.25, 0.3) is 0 Å². The second-order valence-electron chi connectivity index (χ2n) is 5.23. The Hall–Kier alpha value is -2.57. The van der Waals surface area contributed by atoms with Crippen LogP contribution in [0, 0.1) is 13.8 Å². The molecular weight excluding hydrogens is 306 g/mol.